The zero-order valence-corrected chi connectivity index (χ0v) is 29.9. The predicted octanol–water partition coefficient (Wildman–Crippen LogP) is 4.49. The van der Waals surface area contributed by atoms with Crippen LogP contribution in [-0.4, -0.2) is 90.4 Å². The molecule has 2 aliphatic heterocycles. The van der Waals surface area contributed by atoms with E-state index >= 15 is 0 Å². The standard InChI is InChI=1S/C36H51BN2O9/c1-10-38-14-15-39(32(43)31(38)42)29(41)16-21(2)26(40)20-24(37-47-28-19-23-18-27(35(23,6)7)36(28,8)48-37)17-22-12-11-13-25(30(22)45-9)33(44)46-34(3,4)5/h11-13,21,23-24,27-28H,10,14-20H2,1-9H3/t21-,23+,24+,27-,28?,36-/m0/s1. The number of Topliss-reactive ketones (excluding diaryl/α,β-unsaturated/α-hetero) is 1. The average molecular weight is 667 g/mol. The maximum Gasteiger partial charge on any atom is 0.461 e. The van der Waals surface area contributed by atoms with Crippen LogP contribution in [0, 0.1) is 23.2 Å². The Labute approximate surface area is 284 Å². The van der Waals surface area contributed by atoms with E-state index in [4.69, 9.17) is 18.8 Å². The quantitative estimate of drug-likeness (QED) is 0.191. The molecule has 262 valence electrons. The summed E-state index contributed by atoms with van der Waals surface area (Å²) in [5.74, 6) is -2.73. The Morgan fingerprint density at radius 2 is 1.77 bits per heavy atom. The van der Waals surface area contributed by atoms with Crippen LogP contribution in [0.15, 0.2) is 18.2 Å². The molecule has 0 N–H and O–H groups in total. The summed E-state index contributed by atoms with van der Waals surface area (Å²) >= 11 is 0. The van der Waals surface area contributed by atoms with Crippen LogP contribution >= 0.6 is 0 Å². The second kappa shape index (κ2) is 13.2. The minimum atomic E-state index is -0.854. The van der Waals surface area contributed by atoms with Gasteiger partial charge in [0, 0.05) is 44.2 Å². The lowest BCUT2D eigenvalue weighted by Gasteiger charge is -2.64. The molecule has 0 spiro atoms. The third-order valence-electron chi connectivity index (χ3n) is 11.2. The third-order valence-corrected chi connectivity index (χ3v) is 11.2. The summed E-state index contributed by atoms with van der Waals surface area (Å²) in [5.41, 5.74) is -0.0731. The van der Waals surface area contributed by atoms with Crippen LogP contribution in [0.1, 0.15) is 97.0 Å². The van der Waals surface area contributed by atoms with E-state index in [-0.39, 0.29) is 48.8 Å². The van der Waals surface area contributed by atoms with Gasteiger partial charge >= 0.3 is 24.9 Å². The van der Waals surface area contributed by atoms with E-state index in [9.17, 15) is 24.0 Å². The van der Waals surface area contributed by atoms with Crippen molar-refractivity contribution in [2.75, 3.05) is 26.7 Å². The number of nitrogens with zero attached hydrogens (tertiary/aromatic N) is 2. The van der Waals surface area contributed by atoms with Crippen LogP contribution < -0.4 is 4.74 Å². The van der Waals surface area contributed by atoms with Crippen molar-refractivity contribution >= 4 is 36.6 Å². The molecule has 2 heterocycles. The molecule has 11 nitrogen and oxygen atoms in total. The highest BCUT2D eigenvalue weighted by molar-refractivity contribution is 6.48. The van der Waals surface area contributed by atoms with E-state index in [1.54, 1.807) is 46.8 Å². The molecule has 1 aromatic rings. The van der Waals surface area contributed by atoms with E-state index in [0.717, 1.165) is 17.7 Å². The number of imide groups is 1. The van der Waals surface area contributed by atoms with Crippen molar-refractivity contribution in [2.24, 2.45) is 23.2 Å². The van der Waals surface area contributed by atoms with Gasteiger partial charge in [0.1, 0.15) is 22.7 Å². The number of esters is 1. The number of hydrogen-bond acceptors (Lipinski definition) is 9. The maximum atomic E-state index is 13.9. The van der Waals surface area contributed by atoms with E-state index in [2.05, 4.69) is 20.8 Å². The number of methoxy groups -OCH3 is 1. The highest BCUT2D eigenvalue weighted by Crippen LogP contribution is 2.66. The van der Waals surface area contributed by atoms with Crippen LogP contribution in [-0.2, 0) is 39.6 Å². The Morgan fingerprint density at radius 1 is 1.06 bits per heavy atom. The van der Waals surface area contributed by atoms with Crippen LogP contribution in [0.4, 0.5) is 0 Å². The van der Waals surface area contributed by atoms with Crippen molar-refractivity contribution in [3.05, 3.63) is 29.3 Å². The zero-order valence-electron chi connectivity index (χ0n) is 29.9. The predicted molar refractivity (Wildman–Crippen MR) is 178 cm³/mol. The topological polar surface area (TPSA) is 129 Å². The molecule has 1 unspecified atom stereocenters. The van der Waals surface area contributed by atoms with Gasteiger partial charge in [0.05, 0.1) is 18.8 Å². The molecule has 3 saturated carbocycles. The Hall–Kier alpha value is -3.25. The van der Waals surface area contributed by atoms with E-state index < -0.39 is 53.7 Å². The summed E-state index contributed by atoms with van der Waals surface area (Å²) in [6, 6.07) is 5.28. The molecule has 5 fully saturated rings. The Bertz CT molecular complexity index is 1470. The molecule has 6 atom stereocenters. The van der Waals surface area contributed by atoms with Crippen LogP contribution in [0.3, 0.4) is 0 Å². The molecule has 2 bridgehead atoms. The van der Waals surface area contributed by atoms with Crippen molar-refractivity contribution in [3.8, 4) is 5.75 Å². The Kier molecular flexibility index (Phi) is 9.93. The molecule has 3 amide bonds. The number of rotatable bonds is 11. The number of likely N-dealkylation sites (N-methyl/N-ethyl adjacent to an activating group) is 1. The lowest BCUT2D eigenvalue weighted by atomic mass is 9.43. The van der Waals surface area contributed by atoms with Crippen LogP contribution in [0.25, 0.3) is 0 Å². The molecule has 3 aliphatic carbocycles. The van der Waals surface area contributed by atoms with Gasteiger partial charge in [-0.05, 0) is 82.8 Å². The van der Waals surface area contributed by atoms with Gasteiger partial charge in [-0.25, -0.2) is 4.79 Å². The summed E-state index contributed by atoms with van der Waals surface area (Å²) in [5, 5.41) is 0. The highest BCUT2D eigenvalue weighted by atomic mass is 16.7. The SMILES string of the molecule is CCN1CCN(C(=O)C[C@H](C)C(=O)C[C@@H](Cc2cccc(C(=O)OC(C)(C)C)c2OC)B2OC3C[C@H]4C[C@@H](C4(C)C)[C@]3(C)O2)C(=O)C1=O. The van der Waals surface area contributed by atoms with Crippen LogP contribution in [0.5, 0.6) is 5.75 Å². The van der Waals surface area contributed by atoms with E-state index in [0.29, 0.717) is 36.1 Å². The van der Waals surface area contributed by atoms with Gasteiger partial charge in [-0.3, -0.25) is 24.1 Å². The number of piperazine rings is 1. The number of benzene rings is 1. The number of carbonyl (C=O) groups is 5. The molecule has 1 aromatic carbocycles. The fraction of sp³-hybridized carbons (Fsp3) is 0.694. The number of ether oxygens (including phenoxy) is 2. The van der Waals surface area contributed by atoms with Gasteiger partial charge in [-0.15, -0.1) is 0 Å². The molecule has 2 saturated heterocycles. The summed E-state index contributed by atoms with van der Waals surface area (Å²) < 4.78 is 24.9. The van der Waals surface area contributed by atoms with Crippen LogP contribution in [0.2, 0.25) is 5.82 Å². The monoisotopic (exact) mass is 666 g/mol. The lowest BCUT2D eigenvalue weighted by molar-refractivity contribution is -0.199. The normalized spacial score (nSPS) is 27.6. The molecular weight excluding hydrogens is 615 g/mol. The minimum absolute atomic E-state index is 0.0374. The van der Waals surface area contributed by atoms with Crippen molar-refractivity contribution in [1.82, 2.24) is 9.80 Å². The first-order chi connectivity index (χ1) is 22.4. The van der Waals surface area contributed by atoms with Gasteiger partial charge in [0.2, 0.25) is 5.91 Å². The summed E-state index contributed by atoms with van der Waals surface area (Å²) in [6.07, 6.45) is 2.02. The smallest absolute Gasteiger partial charge is 0.461 e. The summed E-state index contributed by atoms with van der Waals surface area (Å²) in [6.45, 7) is 16.3. The zero-order chi connectivity index (χ0) is 35.3. The fourth-order valence-electron chi connectivity index (χ4n) is 8.29. The molecule has 48 heavy (non-hydrogen) atoms. The van der Waals surface area contributed by atoms with Gasteiger partial charge in [0.15, 0.2) is 0 Å². The maximum absolute atomic E-state index is 13.9. The van der Waals surface area contributed by atoms with E-state index in [1.165, 1.54) is 12.0 Å². The third kappa shape index (κ3) is 6.67. The van der Waals surface area contributed by atoms with Gasteiger partial charge in [-0.2, -0.15) is 0 Å². The van der Waals surface area contributed by atoms with Gasteiger partial charge < -0.3 is 23.7 Å². The van der Waals surface area contributed by atoms with E-state index in [1.807, 2.05) is 6.07 Å². The number of para-hydroxylation sites is 1. The number of carbonyl (C=O) groups excluding carboxylic acids is 5. The number of ketones is 1. The summed E-state index contributed by atoms with van der Waals surface area (Å²) in [7, 11) is 0.804. The van der Waals surface area contributed by atoms with Crippen molar-refractivity contribution < 1.29 is 42.8 Å². The fourth-order valence-corrected chi connectivity index (χ4v) is 8.29. The average Bonchev–Trinajstić information content (AvgIpc) is 3.38. The van der Waals surface area contributed by atoms with Crippen molar-refractivity contribution in [3.63, 3.8) is 0 Å². The molecular formula is C36H51BN2O9. The molecule has 0 radical (unpaired) electrons. The van der Waals surface area contributed by atoms with Crippen molar-refractivity contribution in [2.45, 2.75) is 111 Å². The largest absolute Gasteiger partial charge is 0.496 e. The Morgan fingerprint density at radius 3 is 2.40 bits per heavy atom. The second-order valence-corrected chi connectivity index (χ2v) is 15.8. The summed E-state index contributed by atoms with van der Waals surface area (Å²) in [4.78, 5) is 67.6. The van der Waals surface area contributed by atoms with Gasteiger partial charge in [-0.1, -0.05) is 32.9 Å². The molecule has 6 rings (SSSR count). The second-order valence-electron chi connectivity index (χ2n) is 15.8. The number of hydrogen-bond donors (Lipinski definition) is 0. The molecule has 0 aromatic heterocycles. The molecule has 5 aliphatic rings. The van der Waals surface area contributed by atoms with Gasteiger partial charge in [0.25, 0.3) is 0 Å². The highest BCUT2D eigenvalue weighted by Gasteiger charge is 2.68. The minimum Gasteiger partial charge on any atom is -0.496 e. The molecule has 12 heteroatoms. The first-order valence-electron chi connectivity index (χ1n) is 17.3. The lowest BCUT2D eigenvalue weighted by Crippen LogP contribution is -2.65. The first-order valence-corrected chi connectivity index (χ1v) is 17.3. The number of amides is 3. The van der Waals surface area contributed by atoms with Crippen molar-refractivity contribution in [1.29, 1.82) is 0 Å². The first kappa shape index (κ1) is 36.0. The Balaban J connectivity index is 1.37.